The second-order valence-corrected chi connectivity index (χ2v) is 6.63. The summed E-state index contributed by atoms with van der Waals surface area (Å²) in [6.07, 6.45) is 3.50. The zero-order valence-corrected chi connectivity index (χ0v) is 15.4. The van der Waals surface area contributed by atoms with E-state index in [1.54, 1.807) is 26.2 Å². The Morgan fingerprint density at radius 2 is 2.04 bits per heavy atom. The molecule has 2 aliphatic carbocycles. The zero-order valence-electron chi connectivity index (χ0n) is 15.4. The lowest BCUT2D eigenvalue weighted by Gasteiger charge is -2.42. The molecule has 0 unspecified atom stereocenters. The average molecular weight is 363 g/mol. The van der Waals surface area contributed by atoms with Crippen molar-refractivity contribution in [1.29, 1.82) is 10.5 Å². The van der Waals surface area contributed by atoms with Gasteiger partial charge in [-0.2, -0.15) is 10.5 Å². The molecule has 0 heterocycles. The van der Waals surface area contributed by atoms with E-state index < -0.39 is 17.3 Å². The molecule has 6 nitrogen and oxygen atoms in total. The summed E-state index contributed by atoms with van der Waals surface area (Å²) >= 11 is 0. The molecular formula is C21H21N3O3. The first-order chi connectivity index (χ1) is 13.0. The van der Waals surface area contributed by atoms with Crippen LogP contribution in [0.2, 0.25) is 0 Å². The Kier molecular flexibility index (Phi) is 4.92. The zero-order chi connectivity index (χ0) is 19.6. The number of carbonyl (C=O) groups is 1. The lowest BCUT2D eigenvalue weighted by atomic mass is 9.58. The highest BCUT2D eigenvalue weighted by Crippen LogP contribution is 2.57. The third-order valence-electron chi connectivity index (χ3n) is 5.45. The van der Waals surface area contributed by atoms with Crippen molar-refractivity contribution in [2.75, 3.05) is 13.7 Å². The lowest BCUT2D eigenvalue weighted by Crippen LogP contribution is -2.48. The van der Waals surface area contributed by atoms with E-state index >= 15 is 0 Å². The quantitative estimate of drug-likeness (QED) is 0.824. The van der Waals surface area contributed by atoms with E-state index in [1.165, 1.54) is 0 Å². The fraction of sp³-hybridized carbons (Fsp3) is 0.381. The molecule has 0 radical (unpaired) electrons. The Balaban J connectivity index is 2.28. The molecule has 0 saturated heterocycles. The van der Waals surface area contributed by atoms with Gasteiger partial charge in [0.2, 0.25) is 5.41 Å². The highest BCUT2D eigenvalue weighted by atomic mass is 16.5. The summed E-state index contributed by atoms with van der Waals surface area (Å²) < 4.78 is 10.5. The van der Waals surface area contributed by atoms with Crippen LogP contribution in [0.5, 0.6) is 5.75 Å². The number of nitriles is 2. The van der Waals surface area contributed by atoms with Gasteiger partial charge in [0.05, 0.1) is 31.1 Å². The van der Waals surface area contributed by atoms with Crippen molar-refractivity contribution in [2.24, 2.45) is 17.1 Å². The van der Waals surface area contributed by atoms with Crippen LogP contribution in [0.25, 0.3) is 0 Å². The molecule has 3 rings (SSSR count). The molecule has 1 aromatic carbocycles. The molecule has 0 saturated carbocycles. The topological polar surface area (TPSA) is 109 Å². The molecule has 0 aromatic heterocycles. The fourth-order valence-electron chi connectivity index (χ4n) is 4.26. The van der Waals surface area contributed by atoms with Gasteiger partial charge in [-0.15, -0.1) is 0 Å². The van der Waals surface area contributed by atoms with Crippen molar-refractivity contribution in [3.8, 4) is 17.9 Å². The Bertz CT molecular complexity index is 902. The molecule has 138 valence electrons. The van der Waals surface area contributed by atoms with Crippen LogP contribution in [0.15, 0.2) is 47.2 Å². The van der Waals surface area contributed by atoms with Crippen LogP contribution in [0, 0.1) is 34.0 Å². The fourth-order valence-corrected chi connectivity index (χ4v) is 4.26. The van der Waals surface area contributed by atoms with Gasteiger partial charge in [0.1, 0.15) is 11.8 Å². The Morgan fingerprint density at radius 1 is 1.33 bits per heavy atom. The number of allylic oxidation sites excluding steroid dienone is 3. The summed E-state index contributed by atoms with van der Waals surface area (Å²) in [5, 5.41) is 19.8. The summed E-state index contributed by atoms with van der Waals surface area (Å²) in [5.41, 5.74) is 6.42. The van der Waals surface area contributed by atoms with Crippen molar-refractivity contribution in [3.05, 3.63) is 52.7 Å². The second kappa shape index (κ2) is 7.17. The van der Waals surface area contributed by atoms with Gasteiger partial charge in [0.15, 0.2) is 0 Å². The number of hydrogen-bond donors (Lipinski definition) is 1. The number of nitrogens with zero attached hydrogens (tertiary/aromatic N) is 2. The summed E-state index contributed by atoms with van der Waals surface area (Å²) in [5.74, 6) is -0.705. The summed E-state index contributed by atoms with van der Waals surface area (Å²) in [6, 6.07) is 11.5. The minimum atomic E-state index is -1.73. The van der Waals surface area contributed by atoms with E-state index in [0.717, 1.165) is 24.0 Å². The normalized spacial score (nSPS) is 26.4. The Labute approximate surface area is 158 Å². The van der Waals surface area contributed by atoms with Crippen molar-refractivity contribution in [3.63, 3.8) is 0 Å². The number of esters is 1. The van der Waals surface area contributed by atoms with Crippen molar-refractivity contribution in [1.82, 2.24) is 0 Å². The maximum Gasteiger partial charge on any atom is 0.333 e. The maximum atomic E-state index is 13.0. The predicted octanol–water partition coefficient (Wildman–Crippen LogP) is 2.94. The number of methoxy groups -OCH3 is 1. The van der Waals surface area contributed by atoms with Gasteiger partial charge >= 0.3 is 5.97 Å². The van der Waals surface area contributed by atoms with Crippen LogP contribution in [0.1, 0.15) is 31.2 Å². The molecule has 6 heteroatoms. The largest absolute Gasteiger partial charge is 0.497 e. The number of fused-ring (bicyclic) bond motifs is 1. The standard InChI is InChI=1S/C21H21N3O3/c1-3-27-20(25)21(12-23)18(13-7-9-14(26-2)10-8-13)16-6-4-5-15(16)17(11-22)19(21)24/h5,7-10,16,18H,3-4,6,24H2,1-2H3/t16-,18+,21+/m1/s1. The molecule has 0 spiro atoms. The predicted molar refractivity (Wildman–Crippen MR) is 98.0 cm³/mol. The molecule has 3 atom stereocenters. The summed E-state index contributed by atoms with van der Waals surface area (Å²) in [7, 11) is 1.57. The first-order valence-electron chi connectivity index (χ1n) is 8.88. The van der Waals surface area contributed by atoms with E-state index in [1.807, 2.05) is 18.2 Å². The smallest absolute Gasteiger partial charge is 0.333 e. The minimum absolute atomic E-state index is 0.0174. The average Bonchev–Trinajstić information content (AvgIpc) is 3.16. The van der Waals surface area contributed by atoms with E-state index in [-0.39, 0.29) is 23.8 Å². The van der Waals surface area contributed by atoms with Crippen LogP contribution >= 0.6 is 0 Å². The number of ether oxygens (including phenoxy) is 2. The third kappa shape index (κ3) is 2.65. The van der Waals surface area contributed by atoms with Gasteiger partial charge in [-0.1, -0.05) is 18.2 Å². The van der Waals surface area contributed by atoms with Gasteiger partial charge in [-0.3, -0.25) is 0 Å². The monoisotopic (exact) mass is 363 g/mol. The minimum Gasteiger partial charge on any atom is -0.497 e. The van der Waals surface area contributed by atoms with E-state index in [2.05, 4.69) is 12.1 Å². The summed E-state index contributed by atoms with van der Waals surface area (Å²) in [4.78, 5) is 13.0. The molecule has 27 heavy (non-hydrogen) atoms. The maximum absolute atomic E-state index is 13.0. The number of rotatable bonds is 4. The molecule has 1 aromatic rings. The second-order valence-electron chi connectivity index (χ2n) is 6.63. The number of hydrogen-bond acceptors (Lipinski definition) is 6. The third-order valence-corrected chi connectivity index (χ3v) is 5.45. The van der Waals surface area contributed by atoms with Crippen LogP contribution in [0.3, 0.4) is 0 Å². The highest BCUT2D eigenvalue weighted by Gasteiger charge is 2.59. The molecule has 2 N–H and O–H groups in total. The molecule has 0 aliphatic heterocycles. The number of carbonyl (C=O) groups excluding carboxylic acids is 1. The van der Waals surface area contributed by atoms with E-state index in [9.17, 15) is 15.3 Å². The van der Waals surface area contributed by atoms with Gasteiger partial charge in [0.25, 0.3) is 0 Å². The van der Waals surface area contributed by atoms with E-state index in [0.29, 0.717) is 5.75 Å². The molecule has 2 aliphatic rings. The van der Waals surface area contributed by atoms with Gasteiger partial charge in [-0.05, 0) is 49.0 Å². The SMILES string of the molecule is CCOC(=O)[C@]1(C#N)C(N)=C(C#N)C2=CCC[C@H]2[C@@H]1c1ccc(OC)cc1. The van der Waals surface area contributed by atoms with Crippen LogP contribution in [0.4, 0.5) is 0 Å². The van der Waals surface area contributed by atoms with Gasteiger partial charge < -0.3 is 15.2 Å². The van der Waals surface area contributed by atoms with Crippen LogP contribution in [-0.2, 0) is 9.53 Å². The van der Waals surface area contributed by atoms with Crippen molar-refractivity contribution in [2.45, 2.75) is 25.7 Å². The van der Waals surface area contributed by atoms with Crippen LogP contribution in [-0.4, -0.2) is 19.7 Å². The lowest BCUT2D eigenvalue weighted by molar-refractivity contribution is -0.152. The molecule has 0 fully saturated rings. The van der Waals surface area contributed by atoms with Crippen molar-refractivity contribution >= 4 is 5.97 Å². The Morgan fingerprint density at radius 3 is 2.59 bits per heavy atom. The van der Waals surface area contributed by atoms with Crippen molar-refractivity contribution < 1.29 is 14.3 Å². The number of nitrogens with two attached hydrogens (primary N) is 1. The Hall–Kier alpha value is -3.25. The van der Waals surface area contributed by atoms with E-state index in [4.69, 9.17) is 15.2 Å². The van der Waals surface area contributed by atoms with Gasteiger partial charge in [0, 0.05) is 5.92 Å². The van der Waals surface area contributed by atoms with Gasteiger partial charge in [-0.25, -0.2) is 4.79 Å². The first-order valence-corrected chi connectivity index (χ1v) is 8.88. The first kappa shape index (κ1) is 18.5. The molecule has 0 bridgehead atoms. The van der Waals surface area contributed by atoms with Crippen LogP contribution < -0.4 is 10.5 Å². The highest BCUT2D eigenvalue weighted by molar-refractivity contribution is 5.87. The molecular weight excluding hydrogens is 342 g/mol. The number of benzene rings is 1. The summed E-state index contributed by atoms with van der Waals surface area (Å²) in [6.45, 7) is 1.81. The molecule has 0 amide bonds.